The van der Waals surface area contributed by atoms with Gasteiger partial charge in [-0.25, -0.2) is 9.59 Å². The van der Waals surface area contributed by atoms with Crippen LogP contribution in [0.5, 0.6) is 0 Å². The molecule has 0 atom stereocenters. The van der Waals surface area contributed by atoms with Gasteiger partial charge in [-0.2, -0.15) is 0 Å². The van der Waals surface area contributed by atoms with Crippen molar-refractivity contribution in [3.05, 3.63) is 115 Å². The topological polar surface area (TPSA) is 184 Å². The third-order valence-electron chi connectivity index (χ3n) is 5.60. The molecule has 0 bridgehead atoms. The molecule has 0 radical (unpaired) electrons. The van der Waals surface area contributed by atoms with E-state index in [1.165, 1.54) is 18.2 Å². The molecule has 13 heteroatoms. The Balaban J connectivity index is 0.000000309. The number of hydrogen-bond acceptors (Lipinski definition) is 6. The van der Waals surface area contributed by atoms with E-state index in [4.69, 9.17) is 28.3 Å². The lowest BCUT2D eigenvalue weighted by molar-refractivity contribution is -0.385. The van der Waals surface area contributed by atoms with Gasteiger partial charge in [-0.3, -0.25) is 19.7 Å². The van der Waals surface area contributed by atoms with Gasteiger partial charge in [-0.05, 0) is 67.0 Å². The smallest absolute Gasteiger partial charge is 0.336 e. The first-order valence-corrected chi connectivity index (χ1v) is 13.2. The second-order valence-electron chi connectivity index (χ2n) is 8.88. The number of carbonyl (C=O) groups is 4. The second-order valence-corrected chi connectivity index (χ2v) is 9.76. The van der Waals surface area contributed by atoms with Crippen molar-refractivity contribution in [3.8, 4) is 0 Å². The first kappa shape index (κ1) is 34.2. The zero-order valence-corrected chi connectivity index (χ0v) is 24.1. The lowest BCUT2D eigenvalue weighted by Crippen LogP contribution is -2.12. The number of carboxylic acids is 3. The molecule has 43 heavy (non-hydrogen) atoms. The Morgan fingerprint density at radius 1 is 0.791 bits per heavy atom. The number of nitro benzene ring substituents is 1. The van der Waals surface area contributed by atoms with Gasteiger partial charge in [-0.15, -0.1) is 0 Å². The maximum atomic E-state index is 11.5. The molecule has 1 amide bonds. The number of anilines is 1. The molecule has 3 aromatic carbocycles. The van der Waals surface area contributed by atoms with Crippen LogP contribution in [0.2, 0.25) is 10.0 Å². The molecular weight excluding hydrogens is 603 g/mol. The number of hydrogen-bond donors (Lipinski definition) is 4. The molecule has 0 saturated heterocycles. The van der Waals surface area contributed by atoms with Gasteiger partial charge in [0.1, 0.15) is 0 Å². The molecule has 0 heterocycles. The van der Waals surface area contributed by atoms with Crippen LogP contribution in [0.15, 0.2) is 77.9 Å². The number of halogens is 2. The monoisotopic (exact) mass is 628 g/mol. The minimum atomic E-state index is -1.34. The third-order valence-corrected chi connectivity index (χ3v) is 6.10. The number of rotatable bonds is 11. The predicted octanol–water partition coefficient (Wildman–Crippen LogP) is 6.73. The maximum absolute atomic E-state index is 11.5. The van der Waals surface area contributed by atoms with Crippen LogP contribution in [0.4, 0.5) is 11.4 Å². The van der Waals surface area contributed by atoms with Crippen molar-refractivity contribution in [2.45, 2.75) is 26.2 Å². The van der Waals surface area contributed by atoms with Gasteiger partial charge < -0.3 is 20.6 Å². The van der Waals surface area contributed by atoms with E-state index in [2.05, 4.69) is 5.32 Å². The highest BCUT2D eigenvalue weighted by molar-refractivity contribution is 6.30. The van der Waals surface area contributed by atoms with Crippen molar-refractivity contribution in [2.24, 2.45) is 0 Å². The summed E-state index contributed by atoms with van der Waals surface area (Å²) in [5.74, 6) is -4.00. The zero-order valence-electron chi connectivity index (χ0n) is 22.6. The van der Waals surface area contributed by atoms with Gasteiger partial charge in [0.15, 0.2) is 0 Å². The second kappa shape index (κ2) is 16.4. The van der Waals surface area contributed by atoms with Crippen LogP contribution in [0.25, 0.3) is 12.2 Å². The van der Waals surface area contributed by atoms with Gasteiger partial charge in [-0.1, -0.05) is 53.5 Å². The van der Waals surface area contributed by atoms with E-state index in [9.17, 15) is 39.5 Å². The number of carboxylic acid groups (broad SMARTS) is 3. The Kier molecular flexibility index (Phi) is 13.1. The van der Waals surface area contributed by atoms with Crippen LogP contribution in [-0.4, -0.2) is 44.1 Å². The molecule has 3 rings (SSSR count). The number of amides is 1. The van der Waals surface area contributed by atoms with Crippen LogP contribution in [0.3, 0.4) is 0 Å². The first-order valence-electron chi connectivity index (χ1n) is 12.4. The normalized spacial score (nSPS) is 11.1. The molecule has 0 aliphatic carbocycles. The standard InChI is InChI=1S/C18H12Cl2O4.C12H14N2O5/c19-13-5-1-11(2-6-13)9-15(17(21)22)16(18(23)24)10-12-3-7-14(20)8-4-12;1-8-5-6-9(7-10(8)14(18)19)13-11(15)3-2-4-12(16)17/h1-10H,(H,21,22)(H,23,24);5-7H,2-4H2,1H3,(H,13,15)(H,16,17). The van der Waals surface area contributed by atoms with Crippen LogP contribution in [-0.2, 0) is 19.2 Å². The summed E-state index contributed by atoms with van der Waals surface area (Å²) in [5, 5.41) is 41.5. The minimum absolute atomic E-state index is 0.0635. The fourth-order valence-corrected chi connectivity index (χ4v) is 3.72. The van der Waals surface area contributed by atoms with Gasteiger partial charge in [0, 0.05) is 40.2 Å². The Labute approximate surface area is 255 Å². The fraction of sp³-hybridized carbons (Fsp3) is 0.133. The van der Waals surface area contributed by atoms with Gasteiger partial charge in [0.05, 0.1) is 16.1 Å². The number of nitrogens with zero attached hydrogens (tertiary/aromatic N) is 1. The van der Waals surface area contributed by atoms with Crippen molar-refractivity contribution < 1.29 is 39.4 Å². The summed E-state index contributed by atoms with van der Waals surface area (Å²) in [5.41, 5.74) is 1.16. The molecular formula is C30H26Cl2N2O9. The molecule has 0 aliphatic rings. The van der Waals surface area contributed by atoms with Gasteiger partial charge in [0.2, 0.25) is 5.91 Å². The van der Waals surface area contributed by atoms with Crippen LogP contribution < -0.4 is 5.32 Å². The van der Waals surface area contributed by atoms with E-state index >= 15 is 0 Å². The van der Waals surface area contributed by atoms with Crippen LogP contribution >= 0.6 is 23.2 Å². The molecule has 0 saturated carbocycles. The molecule has 11 nitrogen and oxygen atoms in total. The fourth-order valence-electron chi connectivity index (χ4n) is 3.47. The molecule has 0 spiro atoms. The van der Waals surface area contributed by atoms with Crippen molar-refractivity contribution in [1.29, 1.82) is 0 Å². The summed E-state index contributed by atoms with van der Waals surface area (Å²) >= 11 is 11.6. The summed E-state index contributed by atoms with van der Waals surface area (Å²) in [4.78, 5) is 55.1. The van der Waals surface area contributed by atoms with E-state index in [0.29, 0.717) is 32.4 Å². The molecule has 3 aromatic rings. The van der Waals surface area contributed by atoms with Gasteiger partial charge >= 0.3 is 17.9 Å². The Hall–Kier alpha value is -5.00. The number of aliphatic carboxylic acids is 3. The molecule has 0 unspecified atom stereocenters. The highest BCUT2D eigenvalue weighted by atomic mass is 35.5. The lowest BCUT2D eigenvalue weighted by atomic mass is 10.0. The van der Waals surface area contributed by atoms with Crippen molar-refractivity contribution >= 4 is 70.5 Å². The maximum Gasteiger partial charge on any atom is 0.336 e. The number of carbonyl (C=O) groups excluding carboxylic acids is 1. The lowest BCUT2D eigenvalue weighted by Gasteiger charge is -2.05. The van der Waals surface area contributed by atoms with E-state index in [-0.39, 0.29) is 42.0 Å². The highest BCUT2D eigenvalue weighted by Crippen LogP contribution is 2.23. The quantitative estimate of drug-likeness (QED) is 0.0773. The Morgan fingerprint density at radius 2 is 1.26 bits per heavy atom. The minimum Gasteiger partial charge on any atom is -0.481 e. The third kappa shape index (κ3) is 11.8. The summed E-state index contributed by atoms with van der Waals surface area (Å²) < 4.78 is 0. The number of benzene rings is 3. The zero-order chi connectivity index (χ0) is 32.1. The predicted molar refractivity (Wildman–Crippen MR) is 162 cm³/mol. The van der Waals surface area contributed by atoms with E-state index < -0.39 is 22.8 Å². The summed E-state index contributed by atoms with van der Waals surface area (Å²) in [6.07, 6.45) is 2.79. The summed E-state index contributed by atoms with van der Waals surface area (Å²) in [7, 11) is 0. The van der Waals surface area contributed by atoms with Crippen molar-refractivity contribution in [3.63, 3.8) is 0 Å². The molecule has 0 aromatic heterocycles. The Bertz CT molecular complexity index is 1490. The molecule has 4 N–H and O–H groups in total. The van der Waals surface area contributed by atoms with E-state index in [1.54, 1.807) is 67.6 Å². The highest BCUT2D eigenvalue weighted by Gasteiger charge is 2.20. The van der Waals surface area contributed by atoms with E-state index in [0.717, 1.165) is 0 Å². The van der Waals surface area contributed by atoms with Crippen LogP contribution in [0, 0.1) is 17.0 Å². The van der Waals surface area contributed by atoms with Crippen LogP contribution in [0.1, 0.15) is 36.0 Å². The SMILES string of the molecule is Cc1ccc(NC(=O)CCCC(=O)O)cc1[N+](=O)[O-].O=C(O)C(=Cc1ccc(Cl)cc1)C(=Cc1ccc(Cl)cc1)C(=O)O. The largest absolute Gasteiger partial charge is 0.481 e. The number of nitrogens with one attached hydrogen (secondary N) is 1. The first-order chi connectivity index (χ1) is 20.3. The van der Waals surface area contributed by atoms with Crippen molar-refractivity contribution in [1.82, 2.24) is 0 Å². The molecule has 0 fully saturated rings. The number of aryl methyl sites for hydroxylation is 1. The summed E-state index contributed by atoms with van der Waals surface area (Å²) in [6, 6.07) is 17.2. The molecule has 0 aliphatic heterocycles. The van der Waals surface area contributed by atoms with Crippen molar-refractivity contribution in [2.75, 3.05) is 5.32 Å². The summed E-state index contributed by atoms with van der Waals surface area (Å²) in [6.45, 7) is 1.61. The Morgan fingerprint density at radius 3 is 1.65 bits per heavy atom. The van der Waals surface area contributed by atoms with E-state index in [1.807, 2.05) is 0 Å². The average Bonchev–Trinajstić information content (AvgIpc) is 2.93. The number of nitro groups is 1. The molecule has 224 valence electrons. The van der Waals surface area contributed by atoms with Gasteiger partial charge in [0.25, 0.3) is 5.69 Å². The average molecular weight is 629 g/mol.